The molecule has 0 spiro atoms. The Labute approximate surface area is 226 Å². The molecule has 8 heteroatoms. The summed E-state index contributed by atoms with van der Waals surface area (Å²) in [7, 11) is 0. The Bertz CT molecular complexity index is 1050. The van der Waals surface area contributed by atoms with Gasteiger partial charge in [0, 0.05) is 18.0 Å². The minimum absolute atomic E-state index is 0.0571. The van der Waals surface area contributed by atoms with Crippen LogP contribution in [0.25, 0.3) is 0 Å². The summed E-state index contributed by atoms with van der Waals surface area (Å²) < 4.78 is 5.36. The average Bonchev–Trinajstić information content (AvgIpc) is 2.85. The Hall–Kier alpha value is -3.00. The van der Waals surface area contributed by atoms with Gasteiger partial charge in [0.2, 0.25) is 5.91 Å². The number of aryl methyl sites for hydroxylation is 2. The number of unbranched alkanes of at least 4 members (excludes halogenated alkanes) is 1. The van der Waals surface area contributed by atoms with Gasteiger partial charge in [-0.3, -0.25) is 9.59 Å². The molecule has 0 saturated carbocycles. The number of amides is 3. The second-order valence-corrected chi connectivity index (χ2v) is 10.4. The smallest absolute Gasteiger partial charge is 0.408 e. The summed E-state index contributed by atoms with van der Waals surface area (Å²) in [6.07, 6.45) is 1.68. The fraction of sp³-hybridized carbons (Fsp3) is 0.483. The van der Waals surface area contributed by atoms with Crippen molar-refractivity contribution in [1.82, 2.24) is 10.2 Å². The Kier molecular flexibility index (Phi) is 11.5. The van der Waals surface area contributed by atoms with Gasteiger partial charge in [0.15, 0.2) is 0 Å². The van der Waals surface area contributed by atoms with E-state index in [0.717, 1.165) is 24.0 Å². The molecule has 2 rings (SSSR count). The number of carbonyl (C=O) groups is 3. The maximum Gasteiger partial charge on any atom is 0.408 e. The summed E-state index contributed by atoms with van der Waals surface area (Å²) >= 11 is 4.34. The molecule has 0 bridgehead atoms. The fourth-order valence-corrected chi connectivity index (χ4v) is 4.10. The lowest BCUT2D eigenvalue weighted by Crippen LogP contribution is -2.53. The van der Waals surface area contributed by atoms with E-state index in [9.17, 15) is 14.4 Å². The van der Waals surface area contributed by atoms with Crippen LogP contribution in [0.4, 0.5) is 10.5 Å². The number of ether oxygens (including phenoxy) is 1. The molecule has 0 aliphatic heterocycles. The van der Waals surface area contributed by atoms with Crippen LogP contribution in [-0.2, 0) is 20.7 Å². The number of hydrogen-bond acceptors (Lipinski definition) is 5. The van der Waals surface area contributed by atoms with Crippen molar-refractivity contribution in [3.63, 3.8) is 0 Å². The van der Waals surface area contributed by atoms with Crippen molar-refractivity contribution in [2.45, 2.75) is 78.5 Å². The maximum atomic E-state index is 13.9. The molecule has 7 nitrogen and oxygen atoms in total. The molecule has 2 unspecified atom stereocenters. The van der Waals surface area contributed by atoms with Gasteiger partial charge in [0.1, 0.15) is 17.7 Å². The zero-order chi connectivity index (χ0) is 27.6. The van der Waals surface area contributed by atoms with Gasteiger partial charge in [-0.05, 0) is 63.3 Å². The highest BCUT2D eigenvalue weighted by Crippen LogP contribution is 2.26. The number of thiol groups is 1. The Morgan fingerprint density at radius 3 is 2.22 bits per heavy atom. The number of benzene rings is 2. The lowest BCUT2D eigenvalue weighted by atomic mass is 10.00. The molecule has 202 valence electrons. The van der Waals surface area contributed by atoms with Crippen molar-refractivity contribution >= 4 is 36.2 Å². The van der Waals surface area contributed by atoms with Crippen LogP contribution in [0.3, 0.4) is 0 Å². The van der Waals surface area contributed by atoms with E-state index in [0.29, 0.717) is 24.2 Å². The first kappa shape index (κ1) is 30.2. The van der Waals surface area contributed by atoms with Gasteiger partial charge in [0.05, 0.1) is 0 Å². The second-order valence-electron chi connectivity index (χ2n) is 10.1. The first-order chi connectivity index (χ1) is 17.5. The van der Waals surface area contributed by atoms with E-state index in [1.54, 1.807) is 25.7 Å². The van der Waals surface area contributed by atoms with Crippen molar-refractivity contribution < 1.29 is 19.1 Å². The van der Waals surface area contributed by atoms with E-state index in [1.165, 1.54) is 0 Å². The molecule has 37 heavy (non-hydrogen) atoms. The largest absolute Gasteiger partial charge is 0.444 e. The van der Waals surface area contributed by atoms with E-state index >= 15 is 0 Å². The molecule has 0 aromatic heterocycles. The van der Waals surface area contributed by atoms with Gasteiger partial charge >= 0.3 is 6.09 Å². The van der Waals surface area contributed by atoms with E-state index in [-0.39, 0.29) is 17.6 Å². The van der Waals surface area contributed by atoms with Crippen LogP contribution in [-0.4, -0.2) is 46.7 Å². The Morgan fingerprint density at radius 1 is 1.03 bits per heavy atom. The molecule has 0 fully saturated rings. The van der Waals surface area contributed by atoms with Crippen molar-refractivity contribution in [3.05, 3.63) is 65.2 Å². The summed E-state index contributed by atoms with van der Waals surface area (Å²) in [4.78, 5) is 41.7. The van der Waals surface area contributed by atoms with Crippen LogP contribution in [0.5, 0.6) is 0 Å². The molecule has 3 amide bonds. The van der Waals surface area contributed by atoms with Gasteiger partial charge in [0.25, 0.3) is 5.91 Å². The molecule has 0 radical (unpaired) electrons. The number of nitrogens with zero attached hydrogens (tertiary/aromatic N) is 1. The predicted molar refractivity (Wildman–Crippen MR) is 152 cm³/mol. The number of anilines is 1. The fourth-order valence-electron chi connectivity index (χ4n) is 3.85. The molecule has 0 aliphatic rings. The summed E-state index contributed by atoms with van der Waals surface area (Å²) in [6.45, 7) is 11.6. The quantitative estimate of drug-likeness (QED) is 0.328. The average molecular weight is 528 g/mol. The lowest BCUT2D eigenvalue weighted by molar-refractivity contribution is -0.140. The number of carbonyl (C=O) groups excluding carboxylic acids is 3. The highest BCUT2D eigenvalue weighted by Gasteiger charge is 2.35. The van der Waals surface area contributed by atoms with Crippen molar-refractivity contribution in [1.29, 1.82) is 0 Å². The summed E-state index contributed by atoms with van der Waals surface area (Å²) in [5, 5.41) is 5.66. The van der Waals surface area contributed by atoms with E-state index in [2.05, 4.69) is 30.2 Å². The minimum Gasteiger partial charge on any atom is -0.444 e. The van der Waals surface area contributed by atoms with E-state index < -0.39 is 23.8 Å². The van der Waals surface area contributed by atoms with Crippen LogP contribution in [0.2, 0.25) is 0 Å². The van der Waals surface area contributed by atoms with Crippen molar-refractivity contribution in [2.75, 3.05) is 17.6 Å². The zero-order valence-corrected chi connectivity index (χ0v) is 23.7. The normalized spacial score (nSPS) is 12.8. The van der Waals surface area contributed by atoms with Crippen LogP contribution in [0.15, 0.2) is 48.5 Å². The molecule has 0 aliphatic carbocycles. The summed E-state index contributed by atoms with van der Waals surface area (Å²) in [5.74, 6) is -0.654. The summed E-state index contributed by atoms with van der Waals surface area (Å²) in [6, 6.07) is 13.4. The third-order valence-corrected chi connectivity index (χ3v) is 6.24. The molecule has 2 atom stereocenters. The molecule has 0 saturated heterocycles. The second kappa shape index (κ2) is 14.1. The molecule has 2 aromatic carbocycles. The summed E-state index contributed by atoms with van der Waals surface area (Å²) in [5.41, 5.74) is 2.72. The first-order valence-corrected chi connectivity index (χ1v) is 13.5. The van der Waals surface area contributed by atoms with Crippen LogP contribution < -0.4 is 10.6 Å². The van der Waals surface area contributed by atoms with E-state index in [4.69, 9.17) is 4.74 Å². The van der Waals surface area contributed by atoms with Crippen LogP contribution in [0.1, 0.15) is 70.2 Å². The number of nitrogens with one attached hydrogen (secondary N) is 2. The number of rotatable bonds is 11. The Morgan fingerprint density at radius 2 is 1.68 bits per heavy atom. The predicted octanol–water partition coefficient (Wildman–Crippen LogP) is 5.69. The molecular formula is C29H41N3O4S. The van der Waals surface area contributed by atoms with Gasteiger partial charge in [-0.15, -0.1) is 0 Å². The molecular weight excluding hydrogens is 486 g/mol. The number of hydrogen-bond donors (Lipinski definition) is 3. The highest BCUT2D eigenvalue weighted by atomic mass is 32.1. The third-order valence-electron chi connectivity index (χ3n) is 5.87. The minimum atomic E-state index is -0.960. The monoisotopic (exact) mass is 527 g/mol. The lowest BCUT2D eigenvalue weighted by Gasteiger charge is -2.34. The first-order valence-electron chi connectivity index (χ1n) is 12.9. The van der Waals surface area contributed by atoms with Gasteiger partial charge < -0.3 is 20.3 Å². The van der Waals surface area contributed by atoms with Crippen molar-refractivity contribution in [2.24, 2.45) is 0 Å². The number of alkyl carbamates (subject to hydrolysis) is 1. The van der Waals surface area contributed by atoms with Gasteiger partial charge in [-0.2, -0.15) is 12.6 Å². The van der Waals surface area contributed by atoms with Gasteiger partial charge in [-0.25, -0.2) is 4.79 Å². The van der Waals surface area contributed by atoms with Crippen LogP contribution >= 0.6 is 12.6 Å². The molecule has 2 N–H and O–H groups in total. The maximum absolute atomic E-state index is 13.9. The standard InChI is InChI=1S/C29H41N3O4S/c1-7-9-18-32(27(34)24(19-37)31-28(35)36-29(4,5)6)25(22-16-14-21(8-2)15-17-22)26(33)30-23-13-11-10-12-20(23)3/h10-17,24-25,37H,7-9,18-19H2,1-6H3,(H,30,33)(H,31,35). The third kappa shape index (κ3) is 9.11. The number of para-hydroxylation sites is 1. The highest BCUT2D eigenvalue weighted by molar-refractivity contribution is 7.80. The van der Waals surface area contributed by atoms with E-state index in [1.807, 2.05) is 62.4 Å². The topological polar surface area (TPSA) is 87.7 Å². The SMILES string of the molecule is CCCCN(C(=O)C(CS)NC(=O)OC(C)(C)C)C(C(=O)Nc1ccccc1C)c1ccc(CC)cc1. The molecule has 0 heterocycles. The molecule has 2 aromatic rings. The zero-order valence-electron chi connectivity index (χ0n) is 22.8. The van der Waals surface area contributed by atoms with Crippen LogP contribution in [0, 0.1) is 6.92 Å². The van der Waals surface area contributed by atoms with Crippen molar-refractivity contribution in [3.8, 4) is 0 Å². The van der Waals surface area contributed by atoms with Gasteiger partial charge in [-0.1, -0.05) is 62.7 Å². The Balaban J connectivity index is 2.48.